The number of nitrogens with zero attached hydrogens (tertiary/aromatic N) is 4. The molecule has 1 aliphatic heterocycles. The Morgan fingerprint density at radius 3 is 2.47 bits per heavy atom. The van der Waals surface area contributed by atoms with E-state index in [4.69, 9.17) is 4.74 Å². The predicted octanol–water partition coefficient (Wildman–Crippen LogP) is 3.05. The van der Waals surface area contributed by atoms with Gasteiger partial charge in [-0.3, -0.25) is 4.79 Å². The topological polar surface area (TPSA) is 111 Å². The number of carbonyl (C=O) groups excluding carboxylic acids is 2. The van der Waals surface area contributed by atoms with E-state index in [2.05, 4.69) is 10.3 Å². The zero-order chi connectivity index (χ0) is 23.0. The third kappa shape index (κ3) is 3.46. The van der Waals surface area contributed by atoms with Crippen molar-refractivity contribution in [2.45, 2.75) is 38.3 Å². The van der Waals surface area contributed by atoms with Gasteiger partial charge in [-0.15, -0.1) is 5.10 Å². The number of hydrogen-bond acceptors (Lipinski definition) is 7. The number of benzene rings is 2. The first kappa shape index (κ1) is 21.7. The molecule has 0 aliphatic carbocycles. The Labute approximate surface area is 185 Å². The maximum absolute atomic E-state index is 13.2. The van der Waals surface area contributed by atoms with E-state index in [-0.39, 0.29) is 34.4 Å². The molecule has 4 rings (SSSR count). The Bertz CT molecular complexity index is 1300. The van der Waals surface area contributed by atoms with Crippen molar-refractivity contribution < 1.29 is 22.7 Å². The molecular formula is C22H22N4O5S. The third-order valence-electron chi connectivity index (χ3n) is 5.20. The van der Waals surface area contributed by atoms with E-state index in [9.17, 15) is 18.0 Å². The molecule has 32 heavy (non-hydrogen) atoms. The van der Waals surface area contributed by atoms with Crippen molar-refractivity contribution in [1.82, 2.24) is 19.3 Å². The smallest absolute Gasteiger partial charge is 0.359 e. The summed E-state index contributed by atoms with van der Waals surface area (Å²) in [7, 11) is -4.12. The molecule has 0 saturated carbocycles. The molecule has 0 atom stereocenters. The molecule has 0 saturated heterocycles. The van der Waals surface area contributed by atoms with Gasteiger partial charge in [-0.1, -0.05) is 61.5 Å². The fourth-order valence-corrected chi connectivity index (χ4v) is 5.21. The average molecular weight is 455 g/mol. The Hall–Kier alpha value is -3.53. The van der Waals surface area contributed by atoms with Crippen molar-refractivity contribution in [2.24, 2.45) is 0 Å². The number of carbonyl (C=O) groups is 2. The van der Waals surface area contributed by atoms with Crippen LogP contribution in [0.2, 0.25) is 0 Å². The summed E-state index contributed by atoms with van der Waals surface area (Å²) in [6.45, 7) is 5.05. The number of amides is 1. The highest BCUT2D eigenvalue weighted by molar-refractivity contribution is 7.90. The van der Waals surface area contributed by atoms with Gasteiger partial charge in [0.15, 0.2) is 5.69 Å². The number of ether oxygens (including phenoxy) is 1. The van der Waals surface area contributed by atoms with Crippen LogP contribution in [0.1, 0.15) is 53.1 Å². The highest BCUT2D eigenvalue weighted by atomic mass is 32.2. The zero-order valence-electron chi connectivity index (χ0n) is 17.8. The van der Waals surface area contributed by atoms with Crippen LogP contribution in [0.4, 0.5) is 0 Å². The fourth-order valence-electron chi connectivity index (χ4n) is 3.69. The lowest BCUT2D eigenvalue weighted by molar-refractivity contribution is 0.0506. The number of aromatic nitrogens is 3. The number of esters is 1. The maximum Gasteiger partial charge on any atom is 0.359 e. The number of fused-ring (bicyclic) bond motifs is 1. The van der Waals surface area contributed by atoms with Gasteiger partial charge in [0, 0.05) is 5.56 Å². The summed E-state index contributed by atoms with van der Waals surface area (Å²) in [5.74, 6) is -1.41. The van der Waals surface area contributed by atoms with Gasteiger partial charge in [-0.25, -0.2) is 22.2 Å². The number of hydrogen-bond donors (Lipinski definition) is 0. The fraction of sp³-hybridized carbons (Fsp3) is 0.273. The van der Waals surface area contributed by atoms with Gasteiger partial charge in [0.2, 0.25) is 0 Å². The molecule has 2 heterocycles. The first-order valence-electron chi connectivity index (χ1n) is 10.1. The van der Waals surface area contributed by atoms with Gasteiger partial charge in [-0.05, 0) is 24.5 Å². The average Bonchev–Trinajstić information content (AvgIpc) is 3.28. The largest absolute Gasteiger partial charge is 0.461 e. The Morgan fingerprint density at radius 2 is 1.81 bits per heavy atom. The normalized spacial score (nSPS) is 14.6. The van der Waals surface area contributed by atoms with E-state index in [1.54, 1.807) is 43.3 Å². The molecule has 166 valence electrons. The molecule has 9 nitrogen and oxygen atoms in total. The van der Waals surface area contributed by atoms with Crippen molar-refractivity contribution >= 4 is 21.9 Å². The quantitative estimate of drug-likeness (QED) is 0.526. The van der Waals surface area contributed by atoms with Crippen molar-refractivity contribution in [3.8, 4) is 11.3 Å². The van der Waals surface area contributed by atoms with Crippen molar-refractivity contribution in [1.29, 1.82) is 0 Å². The molecule has 0 N–H and O–H groups in total. The van der Waals surface area contributed by atoms with Crippen LogP contribution in [0.25, 0.3) is 11.3 Å². The van der Waals surface area contributed by atoms with Crippen molar-refractivity contribution in [3.05, 3.63) is 65.4 Å². The van der Waals surface area contributed by atoms with E-state index in [1.165, 1.54) is 6.07 Å². The highest BCUT2D eigenvalue weighted by Gasteiger charge is 2.44. The molecule has 1 aromatic heterocycles. The van der Waals surface area contributed by atoms with E-state index < -0.39 is 28.6 Å². The van der Waals surface area contributed by atoms with Crippen LogP contribution >= 0.6 is 0 Å². The molecular weight excluding hydrogens is 432 g/mol. The van der Waals surface area contributed by atoms with E-state index in [0.29, 0.717) is 11.1 Å². The Kier molecular flexibility index (Phi) is 5.55. The van der Waals surface area contributed by atoms with Gasteiger partial charge < -0.3 is 4.74 Å². The van der Waals surface area contributed by atoms with Crippen LogP contribution in [0.15, 0.2) is 53.4 Å². The van der Waals surface area contributed by atoms with Crippen molar-refractivity contribution in [3.63, 3.8) is 0 Å². The molecule has 10 heteroatoms. The molecule has 0 spiro atoms. The summed E-state index contributed by atoms with van der Waals surface area (Å²) < 4.78 is 33.3. The van der Waals surface area contributed by atoms with Gasteiger partial charge in [0.05, 0.1) is 12.2 Å². The van der Waals surface area contributed by atoms with E-state index in [0.717, 1.165) is 8.99 Å². The summed E-state index contributed by atoms with van der Waals surface area (Å²) >= 11 is 0. The summed E-state index contributed by atoms with van der Waals surface area (Å²) in [5.41, 5.74) is 1.63. The molecule has 1 aliphatic rings. The summed E-state index contributed by atoms with van der Waals surface area (Å²) in [5, 5.41) is 8.07. The van der Waals surface area contributed by atoms with Gasteiger partial charge in [0.25, 0.3) is 15.9 Å². The van der Waals surface area contributed by atoms with Crippen LogP contribution in [-0.2, 0) is 21.4 Å². The first-order chi connectivity index (χ1) is 15.3. The SMILES string of the molecule is CCOC(=O)c1c(-c2ccccc2)nnn1CN1C(=O)c2c(C(C)C)cccc2S1(=O)=O. The lowest BCUT2D eigenvalue weighted by Crippen LogP contribution is -2.34. The predicted molar refractivity (Wildman–Crippen MR) is 115 cm³/mol. The number of rotatable bonds is 6. The Balaban J connectivity index is 1.80. The minimum Gasteiger partial charge on any atom is -0.461 e. The molecule has 0 unspecified atom stereocenters. The molecule has 3 aromatic rings. The summed E-state index contributed by atoms with van der Waals surface area (Å²) in [6.07, 6.45) is 0. The van der Waals surface area contributed by atoms with Crippen LogP contribution in [0, 0.1) is 0 Å². The second-order valence-corrected chi connectivity index (χ2v) is 9.38. The third-order valence-corrected chi connectivity index (χ3v) is 6.96. The monoisotopic (exact) mass is 454 g/mol. The number of sulfonamides is 1. The lowest BCUT2D eigenvalue weighted by Gasteiger charge is -2.16. The minimum atomic E-state index is -4.12. The first-order valence-corrected chi connectivity index (χ1v) is 11.6. The second kappa shape index (κ2) is 8.19. The molecule has 0 bridgehead atoms. The van der Waals surface area contributed by atoms with Crippen molar-refractivity contribution in [2.75, 3.05) is 6.61 Å². The summed E-state index contributed by atoms with van der Waals surface area (Å²) in [6, 6.07) is 13.7. The zero-order valence-corrected chi connectivity index (χ0v) is 18.7. The standard InChI is InChI=1S/C22H22N4O5S/c1-4-31-22(28)20-19(15-9-6-5-7-10-15)23-24-25(20)13-26-21(27)18-16(14(2)3)11-8-12-17(18)32(26,29)30/h5-12,14H,4,13H2,1-3H3. The molecule has 0 radical (unpaired) electrons. The lowest BCUT2D eigenvalue weighted by atomic mass is 9.97. The van der Waals surface area contributed by atoms with E-state index in [1.807, 2.05) is 19.9 Å². The van der Waals surface area contributed by atoms with Crippen LogP contribution in [0.5, 0.6) is 0 Å². The molecule has 2 aromatic carbocycles. The van der Waals surface area contributed by atoms with Gasteiger partial charge in [-0.2, -0.15) is 0 Å². The minimum absolute atomic E-state index is 0.0268. The van der Waals surface area contributed by atoms with Crippen LogP contribution < -0.4 is 0 Å². The van der Waals surface area contributed by atoms with Crippen LogP contribution in [0.3, 0.4) is 0 Å². The summed E-state index contributed by atoms with van der Waals surface area (Å²) in [4.78, 5) is 25.9. The maximum atomic E-state index is 13.2. The van der Waals surface area contributed by atoms with Gasteiger partial charge in [0.1, 0.15) is 17.3 Å². The van der Waals surface area contributed by atoms with E-state index >= 15 is 0 Å². The van der Waals surface area contributed by atoms with Gasteiger partial charge >= 0.3 is 5.97 Å². The highest BCUT2D eigenvalue weighted by Crippen LogP contribution is 2.36. The molecule has 1 amide bonds. The van der Waals surface area contributed by atoms with Crippen LogP contribution in [-0.4, -0.2) is 46.2 Å². The second-order valence-electron chi connectivity index (χ2n) is 7.55. The Morgan fingerprint density at radius 1 is 1.09 bits per heavy atom. The molecule has 0 fully saturated rings.